The lowest BCUT2D eigenvalue weighted by atomic mass is 10.2. The Balaban J connectivity index is 2.35. The minimum absolute atomic E-state index is 0.0470. The van der Waals surface area contributed by atoms with E-state index in [9.17, 15) is 12.8 Å². The van der Waals surface area contributed by atoms with Crippen LogP contribution in [0.4, 0.5) is 15.8 Å². The maximum atomic E-state index is 13.0. The molecule has 0 spiro atoms. The first-order valence-corrected chi connectivity index (χ1v) is 7.01. The van der Waals surface area contributed by atoms with Crippen LogP contribution in [-0.4, -0.2) is 8.42 Å². The van der Waals surface area contributed by atoms with E-state index in [0.29, 0.717) is 16.9 Å². The van der Waals surface area contributed by atoms with Gasteiger partial charge in [-0.1, -0.05) is 0 Å². The topological polar surface area (TPSA) is 72.2 Å². The molecule has 0 aliphatic carbocycles. The molecular formula is C13H13FN2O2S. The molecular weight excluding hydrogens is 267 g/mol. The van der Waals surface area contributed by atoms with Gasteiger partial charge in [-0.15, -0.1) is 0 Å². The van der Waals surface area contributed by atoms with E-state index in [1.165, 1.54) is 12.1 Å². The molecule has 100 valence electrons. The molecule has 0 heterocycles. The van der Waals surface area contributed by atoms with Crippen LogP contribution in [0.15, 0.2) is 47.4 Å². The molecule has 0 atom stereocenters. The van der Waals surface area contributed by atoms with E-state index in [-0.39, 0.29) is 4.90 Å². The number of halogens is 1. The van der Waals surface area contributed by atoms with Crippen LogP contribution in [0.2, 0.25) is 0 Å². The van der Waals surface area contributed by atoms with Crippen molar-refractivity contribution in [1.29, 1.82) is 0 Å². The Kier molecular flexibility index (Phi) is 3.44. The van der Waals surface area contributed by atoms with Crippen molar-refractivity contribution in [2.45, 2.75) is 11.8 Å². The molecule has 0 bridgehead atoms. The monoisotopic (exact) mass is 280 g/mol. The Morgan fingerprint density at radius 1 is 1.11 bits per heavy atom. The van der Waals surface area contributed by atoms with Gasteiger partial charge in [-0.25, -0.2) is 12.8 Å². The Morgan fingerprint density at radius 2 is 1.74 bits per heavy atom. The highest BCUT2D eigenvalue weighted by atomic mass is 32.2. The van der Waals surface area contributed by atoms with Crippen molar-refractivity contribution in [3.8, 4) is 0 Å². The van der Waals surface area contributed by atoms with Crippen molar-refractivity contribution in [3.63, 3.8) is 0 Å². The average molecular weight is 280 g/mol. The zero-order valence-electron chi connectivity index (χ0n) is 10.2. The van der Waals surface area contributed by atoms with E-state index in [1.54, 1.807) is 31.2 Å². The smallest absolute Gasteiger partial charge is 0.262 e. The number of nitrogen functional groups attached to an aromatic ring is 1. The van der Waals surface area contributed by atoms with Crippen molar-refractivity contribution in [3.05, 3.63) is 53.8 Å². The summed E-state index contributed by atoms with van der Waals surface area (Å²) < 4.78 is 39.7. The summed E-state index contributed by atoms with van der Waals surface area (Å²) in [5, 5.41) is 0. The first-order valence-electron chi connectivity index (χ1n) is 5.53. The zero-order valence-corrected chi connectivity index (χ0v) is 11.0. The fraction of sp³-hybridized carbons (Fsp3) is 0.0769. The van der Waals surface area contributed by atoms with E-state index >= 15 is 0 Å². The second-order valence-corrected chi connectivity index (χ2v) is 5.79. The molecule has 0 unspecified atom stereocenters. The van der Waals surface area contributed by atoms with Gasteiger partial charge < -0.3 is 5.73 Å². The van der Waals surface area contributed by atoms with Crippen LogP contribution in [0.1, 0.15) is 5.56 Å². The molecule has 2 rings (SSSR count). The van der Waals surface area contributed by atoms with Crippen LogP contribution in [0.5, 0.6) is 0 Å². The third-order valence-corrected chi connectivity index (χ3v) is 4.13. The number of nitrogens with one attached hydrogen (secondary N) is 1. The van der Waals surface area contributed by atoms with Crippen molar-refractivity contribution >= 4 is 21.4 Å². The lowest BCUT2D eigenvalue weighted by molar-refractivity contribution is 0.598. The van der Waals surface area contributed by atoms with Crippen LogP contribution in [-0.2, 0) is 10.0 Å². The SMILES string of the molecule is Cc1cc(F)ccc1S(=O)(=O)Nc1ccc(N)cc1. The summed E-state index contributed by atoms with van der Waals surface area (Å²) in [6.45, 7) is 1.54. The van der Waals surface area contributed by atoms with Crippen molar-refractivity contribution in [1.82, 2.24) is 0 Å². The number of anilines is 2. The summed E-state index contributed by atoms with van der Waals surface area (Å²) in [6.07, 6.45) is 0. The lowest BCUT2D eigenvalue weighted by Crippen LogP contribution is -2.14. The van der Waals surface area contributed by atoms with Gasteiger partial charge >= 0.3 is 0 Å². The summed E-state index contributed by atoms with van der Waals surface area (Å²) in [4.78, 5) is 0.0470. The predicted octanol–water partition coefficient (Wildman–Crippen LogP) is 2.52. The highest BCUT2D eigenvalue weighted by Crippen LogP contribution is 2.20. The third kappa shape index (κ3) is 3.03. The fourth-order valence-corrected chi connectivity index (χ4v) is 2.96. The largest absolute Gasteiger partial charge is 0.399 e. The second kappa shape index (κ2) is 4.89. The number of rotatable bonds is 3. The summed E-state index contributed by atoms with van der Waals surface area (Å²) in [6, 6.07) is 9.84. The molecule has 0 radical (unpaired) electrons. The van der Waals surface area contributed by atoms with Gasteiger partial charge in [0.25, 0.3) is 10.0 Å². The Morgan fingerprint density at radius 3 is 2.32 bits per heavy atom. The quantitative estimate of drug-likeness (QED) is 0.848. The van der Waals surface area contributed by atoms with E-state index in [1.807, 2.05) is 0 Å². The van der Waals surface area contributed by atoms with Crippen molar-refractivity contribution in [2.24, 2.45) is 0 Å². The molecule has 0 fully saturated rings. The van der Waals surface area contributed by atoms with Gasteiger partial charge in [0.2, 0.25) is 0 Å². The van der Waals surface area contributed by atoms with Gasteiger partial charge in [0, 0.05) is 11.4 Å². The number of aryl methyl sites for hydroxylation is 1. The van der Waals surface area contributed by atoms with E-state index in [4.69, 9.17) is 5.73 Å². The zero-order chi connectivity index (χ0) is 14.0. The van der Waals surface area contributed by atoms with Gasteiger partial charge in [0.05, 0.1) is 4.90 Å². The minimum atomic E-state index is -3.73. The molecule has 0 aromatic heterocycles. The Labute approximate surface area is 111 Å². The minimum Gasteiger partial charge on any atom is -0.399 e. The van der Waals surface area contributed by atoms with Crippen molar-refractivity contribution in [2.75, 3.05) is 10.5 Å². The standard InChI is InChI=1S/C13H13FN2O2S/c1-9-8-10(14)2-7-13(9)19(17,18)16-12-5-3-11(15)4-6-12/h2-8,16H,15H2,1H3. The maximum absolute atomic E-state index is 13.0. The van der Waals surface area contributed by atoms with Gasteiger partial charge in [-0.05, 0) is 55.0 Å². The number of nitrogens with two attached hydrogens (primary N) is 1. The van der Waals surface area contributed by atoms with Gasteiger partial charge in [0.1, 0.15) is 5.82 Å². The van der Waals surface area contributed by atoms with Crippen LogP contribution in [0.25, 0.3) is 0 Å². The summed E-state index contributed by atoms with van der Waals surface area (Å²) in [5.74, 6) is -0.469. The molecule has 0 aliphatic rings. The molecule has 4 nitrogen and oxygen atoms in total. The summed E-state index contributed by atoms with van der Waals surface area (Å²) in [7, 11) is -3.73. The molecule has 0 saturated heterocycles. The van der Waals surface area contributed by atoms with Crippen LogP contribution >= 0.6 is 0 Å². The highest BCUT2D eigenvalue weighted by Gasteiger charge is 2.17. The number of hydrogen-bond donors (Lipinski definition) is 2. The van der Waals surface area contributed by atoms with Gasteiger partial charge in [0.15, 0.2) is 0 Å². The molecule has 6 heteroatoms. The first-order chi connectivity index (χ1) is 8.88. The second-order valence-electron chi connectivity index (χ2n) is 4.14. The molecule has 2 aromatic carbocycles. The first kappa shape index (κ1) is 13.4. The Bertz CT molecular complexity index is 697. The molecule has 0 saturated carbocycles. The molecule has 19 heavy (non-hydrogen) atoms. The normalized spacial score (nSPS) is 11.3. The highest BCUT2D eigenvalue weighted by molar-refractivity contribution is 7.92. The number of sulfonamides is 1. The van der Waals surface area contributed by atoms with Crippen LogP contribution in [0.3, 0.4) is 0 Å². The average Bonchev–Trinajstić information content (AvgIpc) is 2.31. The number of benzene rings is 2. The summed E-state index contributed by atoms with van der Waals surface area (Å²) >= 11 is 0. The van der Waals surface area contributed by atoms with E-state index in [2.05, 4.69) is 4.72 Å². The van der Waals surface area contributed by atoms with E-state index in [0.717, 1.165) is 6.07 Å². The van der Waals surface area contributed by atoms with E-state index < -0.39 is 15.8 Å². The van der Waals surface area contributed by atoms with Gasteiger partial charge in [-0.3, -0.25) is 4.72 Å². The molecule has 0 aliphatic heterocycles. The lowest BCUT2D eigenvalue weighted by Gasteiger charge is -2.10. The molecule has 0 amide bonds. The number of hydrogen-bond acceptors (Lipinski definition) is 3. The fourth-order valence-electron chi connectivity index (χ4n) is 1.68. The van der Waals surface area contributed by atoms with Crippen LogP contribution < -0.4 is 10.5 Å². The van der Waals surface area contributed by atoms with Gasteiger partial charge in [-0.2, -0.15) is 0 Å². The third-order valence-electron chi connectivity index (χ3n) is 2.59. The predicted molar refractivity (Wildman–Crippen MR) is 72.8 cm³/mol. The Hall–Kier alpha value is -2.08. The maximum Gasteiger partial charge on any atom is 0.262 e. The molecule has 3 N–H and O–H groups in total. The molecule has 2 aromatic rings. The summed E-state index contributed by atoms with van der Waals surface area (Å²) in [5.41, 5.74) is 6.82. The van der Waals surface area contributed by atoms with Crippen molar-refractivity contribution < 1.29 is 12.8 Å². The van der Waals surface area contributed by atoms with Crippen LogP contribution in [0, 0.1) is 12.7 Å².